The quantitative estimate of drug-likeness (QED) is 0.603. The first kappa shape index (κ1) is 24.5. The summed E-state index contributed by atoms with van der Waals surface area (Å²) in [5.41, 5.74) is 1.96. The number of fused-ring (bicyclic) bond motifs is 2. The van der Waals surface area contributed by atoms with Crippen molar-refractivity contribution in [1.29, 1.82) is 0 Å². The molecule has 1 aliphatic carbocycles. The molecule has 2 aromatic rings. The Morgan fingerprint density at radius 3 is 2.39 bits per heavy atom. The van der Waals surface area contributed by atoms with E-state index in [2.05, 4.69) is 0 Å². The highest BCUT2D eigenvalue weighted by molar-refractivity contribution is 5.97. The maximum atomic E-state index is 13.4. The maximum absolute atomic E-state index is 13.4. The fourth-order valence-corrected chi connectivity index (χ4v) is 4.93. The van der Waals surface area contributed by atoms with E-state index in [1.165, 1.54) is 0 Å². The minimum atomic E-state index is -0.0605. The van der Waals surface area contributed by atoms with Crippen LogP contribution in [0.5, 0.6) is 17.2 Å². The number of carbonyl (C=O) groups excluding carboxylic acids is 2. The fraction of sp³-hybridized carbons (Fsp3) is 0.517. The zero-order chi connectivity index (χ0) is 24.7. The van der Waals surface area contributed by atoms with Gasteiger partial charge in [0.05, 0.1) is 0 Å². The first-order valence-corrected chi connectivity index (χ1v) is 13.4. The van der Waals surface area contributed by atoms with Gasteiger partial charge in [0.1, 0.15) is 19.0 Å². The zero-order valence-electron chi connectivity index (χ0n) is 21.0. The molecule has 0 spiro atoms. The van der Waals surface area contributed by atoms with Crippen LogP contribution in [0.1, 0.15) is 56.9 Å². The lowest BCUT2D eigenvalue weighted by Crippen LogP contribution is -2.37. The molecule has 36 heavy (non-hydrogen) atoms. The Labute approximate surface area is 213 Å². The molecule has 2 amide bonds. The van der Waals surface area contributed by atoms with Crippen LogP contribution >= 0.6 is 0 Å². The van der Waals surface area contributed by atoms with Crippen LogP contribution in [0.25, 0.3) is 0 Å². The van der Waals surface area contributed by atoms with Crippen molar-refractivity contribution in [3.05, 3.63) is 48.0 Å². The summed E-state index contributed by atoms with van der Waals surface area (Å²) in [6.07, 6.45) is 8.48. The van der Waals surface area contributed by atoms with E-state index in [1.807, 2.05) is 40.1 Å². The summed E-state index contributed by atoms with van der Waals surface area (Å²) in [5, 5.41) is 0. The van der Waals surface area contributed by atoms with Gasteiger partial charge < -0.3 is 24.0 Å². The Kier molecular flexibility index (Phi) is 7.94. The molecule has 2 aromatic carbocycles. The molecule has 7 heteroatoms. The SMILES string of the molecule is O=C(COc1ccc2c(c1)OCCO2)N1CCCCCCCCN(C(=O)C2CC2)c2ccccc2C1. The van der Waals surface area contributed by atoms with Crippen molar-refractivity contribution in [2.45, 2.75) is 57.9 Å². The molecule has 7 nitrogen and oxygen atoms in total. The van der Waals surface area contributed by atoms with Crippen molar-refractivity contribution in [1.82, 2.24) is 4.90 Å². The molecule has 0 unspecified atom stereocenters. The average Bonchev–Trinajstić information content (AvgIpc) is 3.75. The maximum Gasteiger partial charge on any atom is 0.260 e. The lowest BCUT2D eigenvalue weighted by molar-refractivity contribution is -0.134. The smallest absolute Gasteiger partial charge is 0.260 e. The van der Waals surface area contributed by atoms with Gasteiger partial charge in [-0.3, -0.25) is 9.59 Å². The third kappa shape index (κ3) is 6.12. The number of ether oxygens (including phenoxy) is 3. The van der Waals surface area contributed by atoms with E-state index >= 15 is 0 Å². The Morgan fingerprint density at radius 2 is 1.58 bits per heavy atom. The van der Waals surface area contributed by atoms with Crippen LogP contribution in [-0.4, -0.2) is 49.6 Å². The number of nitrogens with zero attached hydrogens (tertiary/aromatic N) is 2. The average molecular weight is 493 g/mol. The molecule has 0 saturated heterocycles. The van der Waals surface area contributed by atoms with Crippen LogP contribution in [0, 0.1) is 5.92 Å². The van der Waals surface area contributed by atoms with Gasteiger partial charge in [-0.05, 0) is 49.4 Å². The van der Waals surface area contributed by atoms with Crippen molar-refractivity contribution >= 4 is 17.5 Å². The molecule has 1 saturated carbocycles. The molecule has 192 valence electrons. The highest BCUT2D eigenvalue weighted by atomic mass is 16.6. The normalized spacial score (nSPS) is 18.8. The summed E-state index contributed by atoms with van der Waals surface area (Å²) in [6.45, 7) is 2.87. The lowest BCUT2D eigenvalue weighted by atomic mass is 10.1. The van der Waals surface area contributed by atoms with Crippen molar-refractivity contribution in [2.24, 2.45) is 5.92 Å². The van der Waals surface area contributed by atoms with E-state index in [1.54, 1.807) is 12.1 Å². The van der Waals surface area contributed by atoms with Crippen LogP contribution in [0.15, 0.2) is 42.5 Å². The highest BCUT2D eigenvalue weighted by Gasteiger charge is 2.34. The van der Waals surface area contributed by atoms with Crippen molar-refractivity contribution in [3.63, 3.8) is 0 Å². The predicted molar refractivity (Wildman–Crippen MR) is 138 cm³/mol. The molecular formula is C29H36N2O5. The van der Waals surface area contributed by atoms with E-state index in [0.717, 1.165) is 69.2 Å². The molecule has 3 aliphatic rings. The topological polar surface area (TPSA) is 68.3 Å². The van der Waals surface area contributed by atoms with Gasteiger partial charge in [0, 0.05) is 37.3 Å². The second-order valence-electron chi connectivity index (χ2n) is 9.92. The molecule has 0 N–H and O–H groups in total. The first-order chi connectivity index (χ1) is 17.7. The molecule has 1 fully saturated rings. The lowest BCUT2D eigenvalue weighted by Gasteiger charge is -2.28. The van der Waals surface area contributed by atoms with Crippen molar-refractivity contribution in [2.75, 3.05) is 37.8 Å². The number of para-hydroxylation sites is 1. The summed E-state index contributed by atoms with van der Waals surface area (Å²) in [5.74, 6) is 2.25. The van der Waals surface area contributed by atoms with Gasteiger partial charge in [0.2, 0.25) is 5.91 Å². The van der Waals surface area contributed by atoms with Crippen molar-refractivity contribution in [3.8, 4) is 17.2 Å². The largest absolute Gasteiger partial charge is 0.486 e. The summed E-state index contributed by atoms with van der Waals surface area (Å²) in [6, 6.07) is 13.4. The van der Waals surface area contributed by atoms with Crippen LogP contribution < -0.4 is 19.1 Å². The summed E-state index contributed by atoms with van der Waals surface area (Å²) >= 11 is 0. The molecule has 2 heterocycles. The predicted octanol–water partition coefficient (Wildman–Crippen LogP) is 4.96. The van der Waals surface area contributed by atoms with E-state index in [-0.39, 0.29) is 24.3 Å². The van der Waals surface area contributed by atoms with Crippen LogP contribution in [0.3, 0.4) is 0 Å². The molecule has 0 aromatic heterocycles. The summed E-state index contributed by atoms with van der Waals surface area (Å²) < 4.78 is 17.1. The number of benzene rings is 2. The fourth-order valence-electron chi connectivity index (χ4n) is 4.93. The van der Waals surface area contributed by atoms with Gasteiger partial charge in [-0.2, -0.15) is 0 Å². The minimum Gasteiger partial charge on any atom is -0.486 e. The summed E-state index contributed by atoms with van der Waals surface area (Å²) in [4.78, 5) is 30.4. The standard InChI is InChI=1S/C29H36N2O5/c32-28(21-36-24-13-14-26-27(19-24)35-18-17-34-26)30-15-7-3-1-2-4-8-16-31(29(33)22-11-12-22)25-10-6-5-9-23(25)20-30/h5-6,9-10,13-14,19,22H,1-4,7-8,11-12,15-18,20-21H2. The Morgan fingerprint density at radius 1 is 0.861 bits per heavy atom. The van der Waals surface area contributed by atoms with Crippen molar-refractivity contribution < 1.29 is 23.8 Å². The van der Waals surface area contributed by atoms with E-state index in [9.17, 15) is 9.59 Å². The number of amides is 2. The van der Waals surface area contributed by atoms with Gasteiger partial charge >= 0.3 is 0 Å². The van der Waals surface area contributed by atoms with E-state index in [0.29, 0.717) is 43.6 Å². The van der Waals surface area contributed by atoms with Crippen LogP contribution in [-0.2, 0) is 16.1 Å². The second-order valence-corrected chi connectivity index (χ2v) is 9.92. The molecule has 0 bridgehead atoms. The Bertz CT molecular complexity index is 1070. The third-order valence-electron chi connectivity index (χ3n) is 7.12. The summed E-state index contributed by atoms with van der Waals surface area (Å²) in [7, 11) is 0. The van der Waals surface area contributed by atoms with Gasteiger partial charge in [-0.1, -0.05) is 43.9 Å². The Hall–Kier alpha value is -3.22. The van der Waals surface area contributed by atoms with Gasteiger partial charge in [0.25, 0.3) is 5.91 Å². The number of hydrogen-bond donors (Lipinski definition) is 0. The molecule has 0 atom stereocenters. The van der Waals surface area contributed by atoms with Gasteiger partial charge in [-0.15, -0.1) is 0 Å². The number of hydrogen-bond acceptors (Lipinski definition) is 5. The van der Waals surface area contributed by atoms with E-state index < -0.39 is 0 Å². The zero-order valence-corrected chi connectivity index (χ0v) is 21.0. The first-order valence-electron chi connectivity index (χ1n) is 13.4. The molecule has 5 rings (SSSR count). The molecular weight excluding hydrogens is 456 g/mol. The Balaban J connectivity index is 1.32. The number of anilines is 1. The molecule has 2 aliphatic heterocycles. The highest BCUT2D eigenvalue weighted by Crippen LogP contribution is 2.35. The van der Waals surface area contributed by atoms with Gasteiger partial charge in [0.15, 0.2) is 18.1 Å². The second kappa shape index (κ2) is 11.7. The minimum absolute atomic E-state index is 0.0491. The third-order valence-corrected chi connectivity index (χ3v) is 7.12. The van der Waals surface area contributed by atoms with Crippen LogP contribution in [0.2, 0.25) is 0 Å². The number of carbonyl (C=O) groups is 2. The monoisotopic (exact) mass is 492 g/mol. The van der Waals surface area contributed by atoms with Gasteiger partial charge in [-0.25, -0.2) is 0 Å². The van der Waals surface area contributed by atoms with Crippen LogP contribution in [0.4, 0.5) is 5.69 Å². The van der Waals surface area contributed by atoms with E-state index in [4.69, 9.17) is 14.2 Å². The number of rotatable bonds is 4. The molecule has 0 radical (unpaired) electrons.